The molecule has 13 heteroatoms. The summed E-state index contributed by atoms with van der Waals surface area (Å²) in [6, 6.07) is 7.46. The zero-order valence-corrected chi connectivity index (χ0v) is 23.1. The SMILES string of the molecule is COc1cc(N2CC[C@@H](N(C)C)C2)c([N+](=O)[O-])cc1Nc1nccc(Nc2cc(Cl)c(F)cc2C(C)(C)O)n1. The third-order valence-corrected chi connectivity index (χ3v) is 6.90. The van der Waals surface area contributed by atoms with Crippen molar-refractivity contribution in [1.29, 1.82) is 0 Å². The van der Waals surface area contributed by atoms with Gasteiger partial charge in [0.25, 0.3) is 5.69 Å². The third kappa shape index (κ3) is 6.29. The number of nitrogens with zero attached hydrogens (tertiary/aromatic N) is 5. The van der Waals surface area contributed by atoms with Crippen molar-refractivity contribution in [2.45, 2.75) is 31.9 Å². The molecule has 4 rings (SSSR count). The zero-order chi connectivity index (χ0) is 28.5. The van der Waals surface area contributed by atoms with Gasteiger partial charge < -0.3 is 30.3 Å². The van der Waals surface area contributed by atoms with Crippen LogP contribution in [0.15, 0.2) is 36.5 Å². The number of anilines is 5. The second-order valence-corrected chi connectivity index (χ2v) is 10.4. The summed E-state index contributed by atoms with van der Waals surface area (Å²) in [6.45, 7) is 4.41. The highest BCUT2D eigenvalue weighted by molar-refractivity contribution is 6.31. The maximum atomic E-state index is 14.1. The molecule has 39 heavy (non-hydrogen) atoms. The van der Waals surface area contributed by atoms with E-state index in [2.05, 4.69) is 25.5 Å². The Kier molecular flexibility index (Phi) is 8.09. The number of hydrogen-bond acceptors (Lipinski definition) is 10. The number of hydrogen-bond donors (Lipinski definition) is 3. The molecule has 2 heterocycles. The molecule has 1 aromatic heterocycles. The number of rotatable bonds is 9. The summed E-state index contributed by atoms with van der Waals surface area (Å²) in [5.74, 6) is 0.179. The van der Waals surface area contributed by atoms with Crippen molar-refractivity contribution >= 4 is 46.1 Å². The van der Waals surface area contributed by atoms with Crippen LogP contribution in [-0.4, -0.2) is 65.2 Å². The van der Waals surface area contributed by atoms with Crippen LogP contribution in [0, 0.1) is 15.9 Å². The molecule has 0 amide bonds. The van der Waals surface area contributed by atoms with Gasteiger partial charge in [0, 0.05) is 48.7 Å². The first kappa shape index (κ1) is 28.3. The van der Waals surface area contributed by atoms with E-state index < -0.39 is 16.3 Å². The molecular weight excluding hydrogens is 529 g/mol. The molecule has 1 saturated heterocycles. The van der Waals surface area contributed by atoms with Crippen LogP contribution in [0.4, 0.5) is 38.9 Å². The predicted molar refractivity (Wildman–Crippen MR) is 149 cm³/mol. The van der Waals surface area contributed by atoms with Crippen molar-refractivity contribution in [1.82, 2.24) is 14.9 Å². The number of nitro groups is 1. The van der Waals surface area contributed by atoms with Gasteiger partial charge in [0.2, 0.25) is 5.95 Å². The number of halogens is 2. The first-order valence-electron chi connectivity index (χ1n) is 12.2. The molecule has 0 aliphatic carbocycles. The summed E-state index contributed by atoms with van der Waals surface area (Å²) >= 11 is 5.98. The first-order valence-corrected chi connectivity index (χ1v) is 12.6. The predicted octanol–water partition coefficient (Wildman–Crippen LogP) is 5.04. The summed E-state index contributed by atoms with van der Waals surface area (Å²) in [4.78, 5) is 24.3. The number of ether oxygens (including phenoxy) is 1. The van der Waals surface area contributed by atoms with Crippen LogP contribution in [-0.2, 0) is 5.60 Å². The molecule has 1 atom stereocenters. The Labute approximate surface area is 230 Å². The summed E-state index contributed by atoms with van der Waals surface area (Å²) in [5.41, 5.74) is 0.00731. The van der Waals surface area contributed by atoms with Crippen molar-refractivity contribution < 1.29 is 19.2 Å². The Morgan fingerprint density at radius 1 is 1.26 bits per heavy atom. The van der Waals surface area contributed by atoms with Crippen LogP contribution >= 0.6 is 11.6 Å². The minimum Gasteiger partial charge on any atom is -0.494 e. The fraction of sp³-hybridized carbons (Fsp3) is 0.385. The normalized spacial score (nSPS) is 15.5. The first-order chi connectivity index (χ1) is 18.4. The van der Waals surface area contributed by atoms with E-state index >= 15 is 0 Å². The van der Waals surface area contributed by atoms with Crippen LogP contribution < -0.4 is 20.3 Å². The highest BCUT2D eigenvalue weighted by Crippen LogP contribution is 2.41. The van der Waals surface area contributed by atoms with Crippen molar-refractivity contribution in [2.75, 3.05) is 49.8 Å². The van der Waals surface area contributed by atoms with Crippen LogP contribution in [0.3, 0.4) is 0 Å². The van der Waals surface area contributed by atoms with Gasteiger partial charge in [-0.25, -0.2) is 9.37 Å². The highest BCUT2D eigenvalue weighted by atomic mass is 35.5. The standard InChI is InChI=1S/C26H31ClFN7O4/c1-26(2,36)16-10-18(28)17(27)11-19(16)30-24-6-8-29-25(32-24)31-20-12-22(35(37)38)21(13-23(20)39-5)34-9-7-15(14-34)33(3)4/h6,8,10-13,15,36H,7,9,14H2,1-5H3,(H2,29,30,31,32)/t15-/m1/s1. The van der Waals surface area contributed by atoms with E-state index in [4.69, 9.17) is 16.3 Å². The van der Waals surface area contributed by atoms with Crippen LogP contribution in [0.25, 0.3) is 0 Å². The summed E-state index contributed by atoms with van der Waals surface area (Å²) in [7, 11) is 5.47. The molecule has 0 spiro atoms. The third-order valence-electron chi connectivity index (χ3n) is 6.61. The molecule has 3 N–H and O–H groups in total. The number of likely N-dealkylation sites (N-methyl/N-ethyl adjacent to an activating group) is 1. The van der Waals surface area contributed by atoms with Crippen molar-refractivity contribution in [3.63, 3.8) is 0 Å². The Morgan fingerprint density at radius 3 is 2.62 bits per heavy atom. The molecule has 11 nitrogen and oxygen atoms in total. The lowest BCUT2D eigenvalue weighted by Crippen LogP contribution is -2.31. The fourth-order valence-corrected chi connectivity index (χ4v) is 4.67. The van der Waals surface area contributed by atoms with Crippen molar-refractivity contribution in [3.05, 3.63) is 63.0 Å². The lowest BCUT2D eigenvalue weighted by atomic mass is 9.96. The summed E-state index contributed by atoms with van der Waals surface area (Å²) in [5, 5.41) is 28.5. The van der Waals surface area contributed by atoms with Gasteiger partial charge >= 0.3 is 0 Å². The molecule has 3 aromatic rings. The largest absolute Gasteiger partial charge is 0.494 e. The molecule has 208 valence electrons. The van der Waals surface area contributed by atoms with E-state index in [9.17, 15) is 19.6 Å². The minimum absolute atomic E-state index is 0.0669. The van der Waals surface area contributed by atoms with E-state index in [0.29, 0.717) is 47.8 Å². The Balaban J connectivity index is 1.64. The summed E-state index contributed by atoms with van der Waals surface area (Å²) < 4.78 is 19.7. The van der Waals surface area contributed by atoms with E-state index in [1.54, 1.807) is 12.1 Å². The summed E-state index contributed by atoms with van der Waals surface area (Å²) in [6.07, 6.45) is 2.38. The van der Waals surface area contributed by atoms with E-state index in [1.807, 2.05) is 19.0 Å². The number of nitrogens with one attached hydrogen (secondary N) is 2. The lowest BCUT2D eigenvalue weighted by molar-refractivity contribution is -0.384. The molecule has 0 bridgehead atoms. The van der Waals surface area contributed by atoms with E-state index in [0.717, 1.165) is 12.5 Å². The van der Waals surface area contributed by atoms with Crippen molar-refractivity contribution in [3.8, 4) is 5.75 Å². The number of benzene rings is 2. The molecule has 0 radical (unpaired) electrons. The van der Waals surface area contributed by atoms with Gasteiger partial charge in [0.15, 0.2) is 0 Å². The molecule has 1 aliphatic rings. The molecule has 0 saturated carbocycles. The molecule has 1 fully saturated rings. The van der Waals surface area contributed by atoms with Gasteiger partial charge in [0.05, 0.1) is 28.3 Å². The number of methoxy groups -OCH3 is 1. The number of nitro benzene ring substituents is 1. The second-order valence-electron chi connectivity index (χ2n) is 10.0. The lowest BCUT2D eigenvalue weighted by Gasteiger charge is -2.23. The molecule has 1 aliphatic heterocycles. The van der Waals surface area contributed by atoms with Gasteiger partial charge in [-0.2, -0.15) is 4.98 Å². The smallest absolute Gasteiger partial charge is 0.294 e. The molecule has 2 aromatic carbocycles. The highest BCUT2D eigenvalue weighted by Gasteiger charge is 2.30. The monoisotopic (exact) mass is 559 g/mol. The van der Waals surface area contributed by atoms with Crippen molar-refractivity contribution in [2.24, 2.45) is 0 Å². The molecular formula is C26H31ClFN7O4. The Morgan fingerprint density at radius 2 is 2.00 bits per heavy atom. The van der Waals surface area contributed by atoms with Crippen LogP contribution in [0.5, 0.6) is 5.75 Å². The van der Waals surface area contributed by atoms with E-state index in [1.165, 1.54) is 39.3 Å². The average Bonchev–Trinajstić information content (AvgIpc) is 3.36. The maximum Gasteiger partial charge on any atom is 0.294 e. The van der Waals surface area contributed by atoms with Gasteiger partial charge in [-0.3, -0.25) is 10.1 Å². The van der Waals surface area contributed by atoms with Gasteiger partial charge in [-0.15, -0.1) is 0 Å². The number of aromatic nitrogens is 2. The minimum atomic E-state index is -1.36. The Bertz CT molecular complexity index is 1380. The number of aliphatic hydroxyl groups is 1. The Hall–Kier alpha value is -3.74. The van der Waals surface area contributed by atoms with E-state index in [-0.39, 0.29) is 22.2 Å². The van der Waals surface area contributed by atoms with Crippen LogP contribution in [0.1, 0.15) is 25.8 Å². The fourth-order valence-electron chi connectivity index (χ4n) is 4.51. The molecule has 0 unspecified atom stereocenters. The van der Waals surface area contributed by atoms with Gasteiger partial charge in [0.1, 0.15) is 23.1 Å². The second kappa shape index (κ2) is 11.2. The van der Waals surface area contributed by atoms with Crippen LogP contribution in [0.2, 0.25) is 5.02 Å². The zero-order valence-electron chi connectivity index (χ0n) is 22.3. The van der Waals surface area contributed by atoms with Gasteiger partial charge in [-0.05, 0) is 52.6 Å². The van der Waals surface area contributed by atoms with Gasteiger partial charge in [-0.1, -0.05) is 11.6 Å². The topological polar surface area (TPSA) is 129 Å². The average molecular weight is 560 g/mol. The maximum absolute atomic E-state index is 14.1. The quantitative estimate of drug-likeness (QED) is 0.242.